The molecule has 0 radical (unpaired) electrons. The number of nitrogens with one attached hydrogen (secondary N) is 1. The first-order chi connectivity index (χ1) is 15.6. The highest BCUT2D eigenvalue weighted by Gasteiger charge is 2.30. The van der Waals surface area contributed by atoms with Crippen LogP contribution in [0.1, 0.15) is 22.2 Å². The molecule has 5 rings (SSSR count). The molecule has 162 valence electrons. The molecule has 32 heavy (non-hydrogen) atoms. The molecule has 1 fully saturated rings. The number of fused-ring (bicyclic) bond motifs is 1. The third kappa shape index (κ3) is 3.76. The van der Waals surface area contributed by atoms with Crippen molar-refractivity contribution in [2.75, 3.05) is 36.9 Å². The van der Waals surface area contributed by atoms with Gasteiger partial charge in [-0.15, -0.1) is 10.2 Å². The molecule has 3 aromatic heterocycles. The predicted molar refractivity (Wildman–Crippen MR) is 117 cm³/mol. The Morgan fingerprint density at radius 2 is 1.88 bits per heavy atom. The standard InChI is InChI=1S/C22H21FN8O/c1-29-11-12-30(22-24-9-4-10-25-22)14-18(29)20-28-27-19-8-7-15(13-31(19)20)21(32)26-17-6-3-2-5-16(17)23/h2-10,13,18H,11-12,14H2,1H3,(H,26,32). The number of anilines is 2. The van der Waals surface area contributed by atoms with Crippen LogP contribution in [0.2, 0.25) is 0 Å². The summed E-state index contributed by atoms with van der Waals surface area (Å²) in [5, 5.41) is 11.3. The summed E-state index contributed by atoms with van der Waals surface area (Å²) in [5.74, 6) is 0.486. The lowest BCUT2D eigenvalue weighted by Crippen LogP contribution is -2.47. The SMILES string of the molecule is CN1CCN(c2ncccn2)CC1c1nnc2ccc(C(=O)Nc3ccccc3F)cn12. The minimum Gasteiger partial charge on any atom is -0.338 e. The van der Waals surface area contributed by atoms with Crippen LogP contribution in [-0.4, -0.2) is 62.1 Å². The van der Waals surface area contributed by atoms with Crippen molar-refractivity contribution in [3.8, 4) is 0 Å². The molecule has 1 unspecified atom stereocenters. The molecule has 0 spiro atoms. The number of benzene rings is 1. The second kappa shape index (κ2) is 8.31. The summed E-state index contributed by atoms with van der Waals surface area (Å²) in [4.78, 5) is 25.8. The molecule has 10 heteroatoms. The molecule has 1 aliphatic heterocycles. The second-order valence-electron chi connectivity index (χ2n) is 7.63. The van der Waals surface area contributed by atoms with Gasteiger partial charge in [-0.3, -0.25) is 14.1 Å². The van der Waals surface area contributed by atoms with Crippen molar-refractivity contribution in [2.45, 2.75) is 6.04 Å². The Labute approximate surface area is 183 Å². The third-order valence-electron chi connectivity index (χ3n) is 5.59. The van der Waals surface area contributed by atoms with Gasteiger partial charge < -0.3 is 10.2 Å². The number of nitrogens with zero attached hydrogens (tertiary/aromatic N) is 7. The van der Waals surface area contributed by atoms with Crippen molar-refractivity contribution in [1.29, 1.82) is 0 Å². The van der Waals surface area contributed by atoms with E-state index in [2.05, 4.69) is 35.3 Å². The van der Waals surface area contributed by atoms with Crippen molar-refractivity contribution in [3.63, 3.8) is 0 Å². The van der Waals surface area contributed by atoms with Crippen molar-refractivity contribution in [2.24, 2.45) is 0 Å². The molecule has 0 bridgehead atoms. The van der Waals surface area contributed by atoms with E-state index in [0.29, 0.717) is 29.5 Å². The van der Waals surface area contributed by atoms with Crippen LogP contribution in [0.4, 0.5) is 16.0 Å². The molecule has 1 aromatic carbocycles. The number of rotatable bonds is 4. The molecular weight excluding hydrogens is 411 g/mol. The summed E-state index contributed by atoms with van der Waals surface area (Å²) in [5.41, 5.74) is 1.14. The molecule has 4 heterocycles. The Bertz CT molecular complexity index is 1260. The van der Waals surface area contributed by atoms with Crippen molar-refractivity contribution in [3.05, 3.63) is 78.3 Å². The topological polar surface area (TPSA) is 91.6 Å². The van der Waals surface area contributed by atoms with E-state index in [1.54, 1.807) is 48.9 Å². The summed E-state index contributed by atoms with van der Waals surface area (Å²) in [6.07, 6.45) is 5.14. The van der Waals surface area contributed by atoms with Gasteiger partial charge in [0.15, 0.2) is 11.5 Å². The number of halogens is 1. The number of carbonyl (C=O) groups excluding carboxylic acids is 1. The highest BCUT2D eigenvalue weighted by molar-refractivity contribution is 6.04. The number of aromatic nitrogens is 5. The van der Waals surface area contributed by atoms with Crippen LogP contribution in [0.25, 0.3) is 5.65 Å². The first-order valence-corrected chi connectivity index (χ1v) is 10.2. The first kappa shape index (κ1) is 20.0. The highest BCUT2D eigenvalue weighted by atomic mass is 19.1. The fourth-order valence-electron chi connectivity index (χ4n) is 3.82. The molecule has 1 N–H and O–H groups in total. The lowest BCUT2D eigenvalue weighted by molar-refractivity contribution is 0.102. The minimum absolute atomic E-state index is 0.0764. The van der Waals surface area contributed by atoms with Gasteiger partial charge in [0.2, 0.25) is 5.95 Å². The summed E-state index contributed by atoms with van der Waals surface area (Å²) in [6.45, 7) is 2.22. The Balaban J connectivity index is 1.44. The average Bonchev–Trinajstić information content (AvgIpc) is 3.24. The number of hydrogen-bond acceptors (Lipinski definition) is 7. The van der Waals surface area contributed by atoms with Gasteiger partial charge in [-0.05, 0) is 37.4 Å². The van der Waals surface area contributed by atoms with E-state index in [1.165, 1.54) is 12.1 Å². The van der Waals surface area contributed by atoms with Gasteiger partial charge in [-0.25, -0.2) is 14.4 Å². The fourth-order valence-corrected chi connectivity index (χ4v) is 3.82. The van der Waals surface area contributed by atoms with Crippen LogP contribution in [0.3, 0.4) is 0 Å². The number of likely N-dealkylation sites (N-methyl/N-ethyl adjacent to an activating group) is 1. The monoisotopic (exact) mass is 432 g/mol. The molecule has 4 aromatic rings. The zero-order valence-electron chi connectivity index (χ0n) is 17.4. The molecule has 1 aliphatic rings. The van der Waals surface area contributed by atoms with Gasteiger partial charge in [0.25, 0.3) is 5.91 Å². The fraction of sp³-hybridized carbons (Fsp3) is 0.227. The van der Waals surface area contributed by atoms with Gasteiger partial charge in [0.1, 0.15) is 5.82 Å². The van der Waals surface area contributed by atoms with E-state index in [0.717, 1.165) is 13.1 Å². The summed E-state index contributed by atoms with van der Waals surface area (Å²) < 4.78 is 15.7. The molecule has 1 amide bonds. The number of piperazine rings is 1. The Morgan fingerprint density at radius 3 is 2.69 bits per heavy atom. The average molecular weight is 432 g/mol. The summed E-state index contributed by atoms with van der Waals surface area (Å²) in [6, 6.07) is 11.2. The number of para-hydroxylation sites is 1. The lowest BCUT2D eigenvalue weighted by atomic mass is 10.1. The van der Waals surface area contributed by atoms with Crippen molar-refractivity contribution in [1.82, 2.24) is 29.5 Å². The van der Waals surface area contributed by atoms with Crippen LogP contribution in [0.5, 0.6) is 0 Å². The molecule has 1 saturated heterocycles. The molecular formula is C22H21FN8O. The van der Waals surface area contributed by atoms with Gasteiger partial charge in [0, 0.05) is 38.2 Å². The molecule has 0 saturated carbocycles. The van der Waals surface area contributed by atoms with Crippen LogP contribution < -0.4 is 10.2 Å². The zero-order chi connectivity index (χ0) is 22.1. The summed E-state index contributed by atoms with van der Waals surface area (Å²) in [7, 11) is 2.03. The Hall–Kier alpha value is -3.92. The summed E-state index contributed by atoms with van der Waals surface area (Å²) >= 11 is 0. The largest absolute Gasteiger partial charge is 0.338 e. The Kier molecular flexibility index (Phi) is 5.20. The number of hydrogen-bond donors (Lipinski definition) is 1. The van der Waals surface area contributed by atoms with Gasteiger partial charge in [-0.1, -0.05) is 12.1 Å². The van der Waals surface area contributed by atoms with Gasteiger partial charge in [0.05, 0.1) is 17.3 Å². The van der Waals surface area contributed by atoms with Crippen molar-refractivity contribution < 1.29 is 9.18 Å². The number of pyridine rings is 1. The van der Waals surface area contributed by atoms with Crippen LogP contribution in [0.15, 0.2) is 61.1 Å². The maximum atomic E-state index is 13.9. The first-order valence-electron chi connectivity index (χ1n) is 10.2. The van der Waals surface area contributed by atoms with E-state index in [-0.39, 0.29) is 11.7 Å². The second-order valence-corrected chi connectivity index (χ2v) is 7.63. The molecule has 1 atom stereocenters. The maximum absolute atomic E-state index is 13.9. The van der Waals surface area contributed by atoms with Crippen molar-refractivity contribution >= 4 is 23.2 Å². The lowest BCUT2D eigenvalue weighted by Gasteiger charge is -2.38. The quantitative estimate of drug-likeness (QED) is 0.529. The van der Waals surface area contributed by atoms with E-state index in [4.69, 9.17) is 0 Å². The van der Waals surface area contributed by atoms with Gasteiger partial charge in [-0.2, -0.15) is 0 Å². The smallest absolute Gasteiger partial charge is 0.257 e. The van der Waals surface area contributed by atoms with Crippen LogP contribution in [-0.2, 0) is 0 Å². The molecule has 0 aliphatic carbocycles. The number of amides is 1. The van der Waals surface area contributed by atoms with Crippen LogP contribution >= 0.6 is 0 Å². The molecule has 9 nitrogen and oxygen atoms in total. The minimum atomic E-state index is -0.487. The third-order valence-corrected chi connectivity index (χ3v) is 5.59. The zero-order valence-corrected chi connectivity index (χ0v) is 17.4. The van der Waals surface area contributed by atoms with E-state index >= 15 is 0 Å². The normalized spacial score (nSPS) is 16.9. The highest BCUT2D eigenvalue weighted by Crippen LogP contribution is 2.25. The number of carbonyl (C=O) groups is 1. The van der Waals surface area contributed by atoms with Gasteiger partial charge >= 0.3 is 0 Å². The maximum Gasteiger partial charge on any atom is 0.257 e. The van der Waals surface area contributed by atoms with Crippen LogP contribution in [0, 0.1) is 5.82 Å². The Morgan fingerprint density at radius 1 is 1.06 bits per heavy atom. The van der Waals surface area contributed by atoms with E-state index < -0.39 is 11.7 Å². The van der Waals surface area contributed by atoms with E-state index in [9.17, 15) is 9.18 Å². The predicted octanol–water partition coefficient (Wildman–Crippen LogP) is 2.40. The van der Waals surface area contributed by atoms with E-state index in [1.807, 2.05) is 11.4 Å².